The van der Waals surface area contributed by atoms with Crippen LogP contribution in [0.3, 0.4) is 0 Å². The molecule has 1 aliphatic heterocycles. The summed E-state index contributed by atoms with van der Waals surface area (Å²) in [5.74, 6) is 0.439. The Balaban J connectivity index is 1.68. The lowest BCUT2D eigenvalue weighted by Gasteiger charge is -2.27. The SMILES string of the molecule is COC(=O)c1cc(CN(C)C(=O)c2ccc(N3CCCCC3=O)cc2)oc1C. The van der Waals surface area contributed by atoms with Gasteiger partial charge in [0.2, 0.25) is 5.91 Å². The maximum atomic E-state index is 12.7. The minimum absolute atomic E-state index is 0.122. The fourth-order valence-corrected chi connectivity index (χ4v) is 3.32. The third kappa shape index (κ3) is 4.08. The average molecular weight is 384 g/mol. The van der Waals surface area contributed by atoms with Gasteiger partial charge >= 0.3 is 5.97 Å². The summed E-state index contributed by atoms with van der Waals surface area (Å²) in [6, 6.07) is 8.65. The van der Waals surface area contributed by atoms with E-state index in [1.54, 1.807) is 49.2 Å². The first kappa shape index (κ1) is 19.7. The van der Waals surface area contributed by atoms with Crippen molar-refractivity contribution in [2.75, 3.05) is 25.6 Å². The first-order valence-electron chi connectivity index (χ1n) is 9.24. The Morgan fingerprint density at radius 1 is 1.21 bits per heavy atom. The highest BCUT2D eigenvalue weighted by Gasteiger charge is 2.21. The first-order chi connectivity index (χ1) is 13.4. The highest BCUT2D eigenvalue weighted by molar-refractivity contribution is 5.97. The molecule has 1 aromatic heterocycles. The Bertz CT molecular complexity index is 885. The number of esters is 1. The molecule has 0 bridgehead atoms. The van der Waals surface area contributed by atoms with Gasteiger partial charge in [0.1, 0.15) is 17.1 Å². The summed E-state index contributed by atoms with van der Waals surface area (Å²) in [6.07, 6.45) is 2.49. The largest absolute Gasteiger partial charge is 0.465 e. The molecule has 0 spiro atoms. The number of carbonyl (C=O) groups is 3. The van der Waals surface area contributed by atoms with Crippen molar-refractivity contribution in [3.8, 4) is 0 Å². The number of ether oxygens (including phenoxy) is 1. The van der Waals surface area contributed by atoms with Gasteiger partial charge in [-0.2, -0.15) is 0 Å². The number of rotatable bonds is 5. The van der Waals surface area contributed by atoms with Gasteiger partial charge in [-0.3, -0.25) is 9.59 Å². The van der Waals surface area contributed by atoms with Gasteiger partial charge in [-0.05, 0) is 50.1 Å². The van der Waals surface area contributed by atoms with E-state index >= 15 is 0 Å². The highest BCUT2D eigenvalue weighted by atomic mass is 16.5. The molecule has 7 nitrogen and oxygen atoms in total. The smallest absolute Gasteiger partial charge is 0.341 e. The van der Waals surface area contributed by atoms with Crippen molar-refractivity contribution in [3.63, 3.8) is 0 Å². The topological polar surface area (TPSA) is 80.1 Å². The number of amides is 2. The lowest BCUT2D eigenvalue weighted by molar-refractivity contribution is -0.119. The predicted octanol–water partition coefficient (Wildman–Crippen LogP) is 3.16. The molecule has 1 aromatic carbocycles. The maximum absolute atomic E-state index is 12.7. The number of furan rings is 1. The third-order valence-electron chi connectivity index (χ3n) is 4.86. The Kier molecular flexibility index (Phi) is 5.82. The molecule has 0 atom stereocenters. The Morgan fingerprint density at radius 3 is 2.57 bits per heavy atom. The predicted molar refractivity (Wildman–Crippen MR) is 103 cm³/mol. The summed E-state index contributed by atoms with van der Waals surface area (Å²) < 4.78 is 10.3. The lowest BCUT2D eigenvalue weighted by atomic mass is 10.1. The zero-order valence-corrected chi connectivity index (χ0v) is 16.4. The van der Waals surface area contributed by atoms with E-state index in [-0.39, 0.29) is 18.4 Å². The quantitative estimate of drug-likeness (QED) is 0.740. The molecule has 148 valence electrons. The van der Waals surface area contributed by atoms with Gasteiger partial charge in [0.05, 0.1) is 13.7 Å². The zero-order chi connectivity index (χ0) is 20.3. The summed E-state index contributed by atoms with van der Waals surface area (Å²) in [5, 5.41) is 0. The fraction of sp³-hybridized carbons (Fsp3) is 0.381. The van der Waals surface area contributed by atoms with Crippen LogP contribution in [0.4, 0.5) is 5.69 Å². The number of hydrogen-bond donors (Lipinski definition) is 0. The number of anilines is 1. The Morgan fingerprint density at radius 2 is 1.93 bits per heavy atom. The second-order valence-electron chi connectivity index (χ2n) is 6.88. The minimum atomic E-state index is -0.468. The molecular weight excluding hydrogens is 360 g/mol. The molecular formula is C21H24N2O5. The van der Waals surface area contributed by atoms with Crippen LogP contribution in [-0.4, -0.2) is 43.4 Å². The standard InChI is InChI=1S/C21H24N2O5/c1-14-18(21(26)27-3)12-17(28-14)13-22(2)20(25)15-7-9-16(10-8-15)23-11-5-4-6-19(23)24/h7-10,12H,4-6,11,13H2,1-3H3. The normalized spacial score (nSPS) is 14.1. The molecule has 2 heterocycles. The summed E-state index contributed by atoms with van der Waals surface area (Å²) in [4.78, 5) is 39.7. The van der Waals surface area contributed by atoms with Crippen molar-refractivity contribution < 1.29 is 23.5 Å². The van der Waals surface area contributed by atoms with Crippen LogP contribution in [0.5, 0.6) is 0 Å². The molecule has 0 radical (unpaired) electrons. The van der Waals surface area contributed by atoms with Crippen molar-refractivity contribution in [1.82, 2.24) is 4.90 Å². The van der Waals surface area contributed by atoms with Crippen LogP contribution in [0.2, 0.25) is 0 Å². The van der Waals surface area contributed by atoms with E-state index in [9.17, 15) is 14.4 Å². The van der Waals surface area contributed by atoms with E-state index in [1.807, 2.05) is 0 Å². The van der Waals surface area contributed by atoms with Crippen LogP contribution < -0.4 is 4.90 Å². The summed E-state index contributed by atoms with van der Waals surface area (Å²) in [5.41, 5.74) is 1.69. The molecule has 3 rings (SSSR count). The van der Waals surface area contributed by atoms with Crippen molar-refractivity contribution in [3.05, 3.63) is 53.0 Å². The van der Waals surface area contributed by atoms with Gasteiger partial charge < -0.3 is 19.0 Å². The van der Waals surface area contributed by atoms with Crippen molar-refractivity contribution in [2.45, 2.75) is 32.7 Å². The van der Waals surface area contributed by atoms with E-state index in [1.165, 1.54) is 12.0 Å². The average Bonchev–Trinajstić information content (AvgIpc) is 3.07. The van der Waals surface area contributed by atoms with Crippen LogP contribution in [-0.2, 0) is 16.1 Å². The molecule has 1 fully saturated rings. The molecule has 2 aromatic rings. The van der Waals surface area contributed by atoms with Crippen LogP contribution in [0, 0.1) is 6.92 Å². The van der Waals surface area contributed by atoms with Crippen LogP contribution in [0.15, 0.2) is 34.7 Å². The van der Waals surface area contributed by atoms with Gasteiger partial charge in [0, 0.05) is 31.3 Å². The van der Waals surface area contributed by atoms with Gasteiger partial charge in [0.15, 0.2) is 0 Å². The summed E-state index contributed by atoms with van der Waals surface area (Å²) in [7, 11) is 2.98. The summed E-state index contributed by atoms with van der Waals surface area (Å²) >= 11 is 0. The van der Waals surface area contributed by atoms with Crippen molar-refractivity contribution >= 4 is 23.5 Å². The number of nitrogens with zero attached hydrogens (tertiary/aromatic N) is 2. The molecule has 28 heavy (non-hydrogen) atoms. The zero-order valence-electron chi connectivity index (χ0n) is 16.4. The van der Waals surface area contributed by atoms with E-state index in [4.69, 9.17) is 9.15 Å². The van der Waals surface area contributed by atoms with Crippen molar-refractivity contribution in [2.24, 2.45) is 0 Å². The van der Waals surface area contributed by atoms with E-state index in [2.05, 4.69) is 0 Å². The molecule has 2 amide bonds. The molecule has 0 N–H and O–H groups in total. The van der Waals surface area contributed by atoms with Gasteiger partial charge in [-0.1, -0.05) is 0 Å². The number of piperidine rings is 1. The summed E-state index contributed by atoms with van der Waals surface area (Å²) in [6.45, 7) is 2.62. The molecule has 7 heteroatoms. The lowest BCUT2D eigenvalue weighted by Crippen LogP contribution is -2.35. The first-order valence-corrected chi connectivity index (χ1v) is 9.24. The van der Waals surface area contributed by atoms with Crippen LogP contribution in [0.25, 0.3) is 0 Å². The second kappa shape index (κ2) is 8.29. The fourth-order valence-electron chi connectivity index (χ4n) is 3.32. The number of methoxy groups -OCH3 is 1. The maximum Gasteiger partial charge on any atom is 0.341 e. The molecule has 0 unspecified atom stereocenters. The number of aryl methyl sites for hydroxylation is 1. The monoisotopic (exact) mass is 384 g/mol. The third-order valence-corrected chi connectivity index (χ3v) is 4.86. The van der Waals surface area contributed by atoms with Gasteiger partial charge in [-0.15, -0.1) is 0 Å². The molecule has 0 aliphatic carbocycles. The van der Waals surface area contributed by atoms with Gasteiger partial charge in [0.25, 0.3) is 5.91 Å². The van der Waals surface area contributed by atoms with Crippen LogP contribution in [0.1, 0.15) is 51.5 Å². The number of hydrogen-bond acceptors (Lipinski definition) is 5. The van der Waals surface area contributed by atoms with Gasteiger partial charge in [-0.25, -0.2) is 4.79 Å². The molecule has 0 saturated carbocycles. The van der Waals surface area contributed by atoms with E-state index in [0.717, 1.165) is 18.5 Å². The van der Waals surface area contributed by atoms with Crippen LogP contribution >= 0.6 is 0 Å². The second-order valence-corrected chi connectivity index (χ2v) is 6.88. The number of benzene rings is 1. The van der Waals surface area contributed by atoms with E-state index < -0.39 is 5.97 Å². The Labute approximate surface area is 163 Å². The Hall–Kier alpha value is -3.09. The van der Waals surface area contributed by atoms with E-state index in [0.29, 0.717) is 35.6 Å². The van der Waals surface area contributed by atoms with Crippen molar-refractivity contribution in [1.29, 1.82) is 0 Å². The highest BCUT2D eigenvalue weighted by Crippen LogP contribution is 2.22. The minimum Gasteiger partial charge on any atom is -0.465 e. The molecule has 1 saturated heterocycles. The molecule has 1 aliphatic rings. The number of carbonyl (C=O) groups excluding carboxylic acids is 3.